The normalized spacial score (nSPS) is 25.0. The summed E-state index contributed by atoms with van der Waals surface area (Å²) in [4.78, 5) is 6.45. The fourth-order valence-corrected chi connectivity index (χ4v) is 1.41. The lowest BCUT2D eigenvalue weighted by molar-refractivity contribution is -0.0136. The smallest absolute Gasteiger partial charge is 0.188 e. The monoisotopic (exact) mass is 200 g/mol. The number of nitrogens with zero attached hydrogens (tertiary/aromatic N) is 2. The largest absolute Gasteiger partial charge is 0.374 e. The van der Waals surface area contributed by atoms with E-state index in [1.165, 1.54) is 0 Å². The third-order valence-electron chi connectivity index (χ3n) is 2.17. The molecule has 0 spiro atoms. The molecule has 5 heteroatoms. The Balaban J connectivity index is 2.26. The van der Waals surface area contributed by atoms with E-state index in [2.05, 4.69) is 22.3 Å². The molecule has 1 fully saturated rings. The van der Waals surface area contributed by atoms with Gasteiger partial charge in [-0.1, -0.05) is 0 Å². The highest BCUT2D eigenvalue weighted by Crippen LogP contribution is 2.02. The minimum absolute atomic E-state index is 0.186. The number of ether oxygens (including phenoxy) is 1. The second-order valence-corrected chi connectivity index (χ2v) is 3.51. The van der Waals surface area contributed by atoms with Crippen LogP contribution in [0.1, 0.15) is 6.92 Å². The second-order valence-electron chi connectivity index (χ2n) is 3.51. The van der Waals surface area contributed by atoms with E-state index in [1.807, 2.05) is 6.92 Å². The first-order valence-corrected chi connectivity index (χ1v) is 5.06. The molecule has 1 rings (SSSR count). The molecule has 1 saturated heterocycles. The molecule has 0 aromatic heterocycles. The van der Waals surface area contributed by atoms with Crippen LogP contribution >= 0.6 is 0 Å². The van der Waals surface area contributed by atoms with Crippen LogP contribution in [0.2, 0.25) is 0 Å². The molecule has 0 bridgehead atoms. The van der Waals surface area contributed by atoms with Crippen molar-refractivity contribution in [2.45, 2.75) is 13.0 Å². The van der Waals surface area contributed by atoms with Crippen molar-refractivity contribution in [3.05, 3.63) is 0 Å². The van der Waals surface area contributed by atoms with Gasteiger partial charge in [0.15, 0.2) is 5.96 Å². The standard InChI is InChI=1S/C9H20N4O/c1-3-11-9(10)12-6-8-7-13(2)4-5-14-8/h8H,3-7H2,1-2H3,(H3,10,11,12). The molecule has 5 nitrogen and oxygen atoms in total. The van der Waals surface area contributed by atoms with Crippen LogP contribution in [0.15, 0.2) is 4.99 Å². The molecule has 0 saturated carbocycles. The first-order chi connectivity index (χ1) is 6.72. The number of rotatable bonds is 3. The quantitative estimate of drug-likeness (QED) is 0.464. The van der Waals surface area contributed by atoms with Gasteiger partial charge in [-0.05, 0) is 14.0 Å². The zero-order valence-electron chi connectivity index (χ0n) is 8.99. The summed E-state index contributed by atoms with van der Waals surface area (Å²) in [5.41, 5.74) is 5.61. The first kappa shape index (κ1) is 11.3. The number of hydrogen-bond acceptors (Lipinski definition) is 3. The van der Waals surface area contributed by atoms with Crippen LogP contribution in [-0.2, 0) is 4.74 Å². The van der Waals surface area contributed by atoms with Crippen LogP contribution < -0.4 is 11.1 Å². The maximum Gasteiger partial charge on any atom is 0.188 e. The lowest BCUT2D eigenvalue weighted by Gasteiger charge is -2.29. The summed E-state index contributed by atoms with van der Waals surface area (Å²) in [6.07, 6.45) is 0.186. The Morgan fingerprint density at radius 1 is 1.71 bits per heavy atom. The van der Waals surface area contributed by atoms with Crippen molar-refractivity contribution in [2.24, 2.45) is 10.7 Å². The lowest BCUT2D eigenvalue weighted by atomic mass is 10.3. The van der Waals surface area contributed by atoms with E-state index >= 15 is 0 Å². The van der Waals surface area contributed by atoms with Crippen LogP contribution in [-0.4, -0.2) is 56.8 Å². The number of nitrogens with two attached hydrogens (primary N) is 1. The number of aliphatic imine (C=N–C) groups is 1. The number of hydrogen-bond donors (Lipinski definition) is 2. The highest BCUT2D eigenvalue weighted by molar-refractivity contribution is 5.77. The molecule has 0 aliphatic carbocycles. The molecule has 14 heavy (non-hydrogen) atoms. The van der Waals surface area contributed by atoms with Crippen LogP contribution in [0.3, 0.4) is 0 Å². The summed E-state index contributed by atoms with van der Waals surface area (Å²) in [5, 5.41) is 2.95. The highest BCUT2D eigenvalue weighted by Gasteiger charge is 2.16. The molecular formula is C9H20N4O. The number of nitrogens with one attached hydrogen (secondary N) is 1. The molecule has 1 heterocycles. The van der Waals surface area contributed by atoms with Gasteiger partial charge in [0.2, 0.25) is 0 Å². The van der Waals surface area contributed by atoms with Gasteiger partial charge in [0, 0.05) is 19.6 Å². The van der Waals surface area contributed by atoms with Crippen LogP contribution in [0, 0.1) is 0 Å². The van der Waals surface area contributed by atoms with Gasteiger partial charge in [0.1, 0.15) is 0 Å². The zero-order valence-corrected chi connectivity index (χ0v) is 8.99. The summed E-state index contributed by atoms with van der Waals surface area (Å²) in [5.74, 6) is 0.504. The van der Waals surface area contributed by atoms with E-state index in [9.17, 15) is 0 Å². The average molecular weight is 200 g/mol. The van der Waals surface area contributed by atoms with Crippen molar-refractivity contribution in [1.82, 2.24) is 10.2 Å². The van der Waals surface area contributed by atoms with Crippen molar-refractivity contribution in [1.29, 1.82) is 0 Å². The van der Waals surface area contributed by atoms with Gasteiger partial charge < -0.3 is 20.7 Å². The molecular weight excluding hydrogens is 180 g/mol. The lowest BCUT2D eigenvalue weighted by Crippen LogP contribution is -2.42. The predicted octanol–water partition coefficient (Wildman–Crippen LogP) is -0.759. The maximum absolute atomic E-state index is 5.61. The molecule has 0 aromatic rings. The van der Waals surface area contributed by atoms with E-state index < -0.39 is 0 Å². The third-order valence-corrected chi connectivity index (χ3v) is 2.17. The number of morpholine rings is 1. The van der Waals surface area contributed by atoms with Gasteiger partial charge >= 0.3 is 0 Å². The molecule has 0 aromatic carbocycles. The van der Waals surface area contributed by atoms with Crippen molar-refractivity contribution in [3.8, 4) is 0 Å². The van der Waals surface area contributed by atoms with E-state index in [4.69, 9.17) is 10.5 Å². The highest BCUT2D eigenvalue weighted by atomic mass is 16.5. The van der Waals surface area contributed by atoms with Gasteiger partial charge in [-0.25, -0.2) is 0 Å². The molecule has 0 radical (unpaired) electrons. The van der Waals surface area contributed by atoms with Crippen molar-refractivity contribution < 1.29 is 4.74 Å². The van der Waals surface area contributed by atoms with Gasteiger partial charge in [-0.15, -0.1) is 0 Å². The Morgan fingerprint density at radius 3 is 3.14 bits per heavy atom. The van der Waals surface area contributed by atoms with Crippen molar-refractivity contribution >= 4 is 5.96 Å². The molecule has 82 valence electrons. The summed E-state index contributed by atoms with van der Waals surface area (Å²) in [6.45, 7) is 6.17. The Morgan fingerprint density at radius 2 is 2.50 bits per heavy atom. The van der Waals surface area contributed by atoms with Crippen LogP contribution in [0.5, 0.6) is 0 Å². The Hall–Kier alpha value is -0.810. The van der Waals surface area contributed by atoms with Crippen LogP contribution in [0.25, 0.3) is 0 Å². The van der Waals surface area contributed by atoms with Gasteiger partial charge in [-0.2, -0.15) is 0 Å². The number of guanidine groups is 1. The molecule has 3 N–H and O–H groups in total. The van der Waals surface area contributed by atoms with E-state index in [0.29, 0.717) is 12.5 Å². The Kier molecular flexibility index (Phi) is 4.69. The minimum Gasteiger partial charge on any atom is -0.374 e. The fraction of sp³-hybridized carbons (Fsp3) is 0.889. The van der Waals surface area contributed by atoms with Gasteiger partial charge in [0.05, 0.1) is 19.3 Å². The second kappa shape index (κ2) is 5.82. The summed E-state index contributed by atoms with van der Waals surface area (Å²) >= 11 is 0. The van der Waals surface area contributed by atoms with Gasteiger partial charge in [0.25, 0.3) is 0 Å². The molecule has 1 unspecified atom stereocenters. The van der Waals surface area contributed by atoms with E-state index in [1.54, 1.807) is 0 Å². The van der Waals surface area contributed by atoms with E-state index in [0.717, 1.165) is 26.2 Å². The minimum atomic E-state index is 0.186. The van der Waals surface area contributed by atoms with Crippen molar-refractivity contribution in [3.63, 3.8) is 0 Å². The summed E-state index contributed by atoms with van der Waals surface area (Å²) in [7, 11) is 2.09. The first-order valence-electron chi connectivity index (χ1n) is 5.06. The molecule has 0 amide bonds. The van der Waals surface area contributed by atoms with Crippen molar-refractivity contribution in [2.75, 3.05) is 39.8 Å². The molecule has 1 aliphatic heterocycles. The van der Waals surface area contributed by atoms with Crippen LogP contribution in [0.4, 0.5) is 0 Å². The van der Waals surface area contributed by atoms with Gasteiger partial charge in [-0.3, -0.25) is 4.99 Å². The molecule has 1 atom stereocenters. The zero-order chi connectivity index (χ0) is 10.4. The number of likely N-dealkylation sites (N-methyl/N-ethyl adjacent to an activating group) is 1. The summed E-state index contributed by atoms with van der Waals surface area (Å²) < 4.78 is 5.54. The SMILES string of the molecule is CCNC(N)=NCC1CN(C)CCO1. The third kappa shape index (κ3) is 3.93. The maximum atomic E-state index is 5.61. The Labute approximate surface area is 85.3 Å². The fourth-order valence-electron chi connectivity index (χ4n) is 1.41. The summed E-state index contributed by atoms with van der Waals surface area (Å²) in [6, 6.07) is 0. The molecule has 1 aliphatic rings. The topological polar surface area (TPSA) is 62.9 Å². The van der Waals surface area contributed by atoms with E-state index in [-0.39, 0.29) is 6.10 Å². The Bertz CT molecular complexity index is 195. The predicted molar refractivity (Wildman–Crippen MR) is 57.4 cm³/mol. The average Bonchev–Trinajstić information content (AvgIpc) is 2.15.